The normalized spacial score (nSPS) is 15.6. The second-order valence-corrected chi connectivity index (χ2v) is 7.34. The Labute approximate surface area is 163 Å². The fourth-order valence-electron chi connectivity index (χ4n) is 2.67. The lowest BCUT2D eigenvalue weighted by atomic mass is 10.1. The maximum atomic E-state index is 12.9. The van der Waals surface area contributed by atoms with Crippen molar-refractivity contribution in [1.29, 1.82) is 0 Å². The Bertz CT molecular complexity index is 872. The van der Waals surface area contributed by atoms with Gasteiger partial charge in [-0.2, -0.15) is 0 Å². The molecule has 3 rings (SSSR count). The molecule has 1 saturated heterocycles. The van der Waals surface area contributed by atoms with Gasteiger partial charge >= 0.3 is 0 Å². The number of thioether (sulfide) groups is 1. The molecule has 26 heavy (non-hydrogen) atoms. The van der Waals surface area contributed by atoms with Crippen LogP contribution in [-0.4, -0.2) is 16.8 Å². The third-order valence-corrected chi connectivity index (χ3v) is 5.26. The van der Waals surface area contributed by atoms with Crippen molar-refractivity contribution in [2.45, 2.75) is 13.3 Å². The molecule has 3 nitrogen and oxygen atoms in total. The van der Waals surface area contributed by atoms with Gasteiger partial charge in [-0.05, 0) is 41.8 Å². The van der Waals surface area contributed by atoms with E-state index in [0.29, 0.717) is 15.8 Å². The van der Waals surface area contributed by atoms with Crippen molar-refractivity contribution in [1.82, 2.24) is 0 Å². The number of hydrogen-bond acceptors (Lipinski definition) is 4. The van der Waals surface area contributed by atoms with E-state index in [0.717, 1.165) is 29.0 Å². The SMILES string of the molecule is C=CCOc1ccc(C=C2SC(=S)N(c3ccccc3CC)C2=O)cc1. The van der Waals surface area contributed by atoms with E-state index < -0.39 is 0 Å². The van der Waals surface area contributed by atoms with Gasteiger partial charge in [-0.3, -0.25) is 9.69 Å². The summed E-state index contributed by atoms with van der Waals surface area (Å²) in [6, 6.07) is 15.5. The maximum absolute atomic E-state index is 12.9. The second kappa shape index (κ2) is 8.34. The molecule has 1 fully saturated rings. The number of aryl methyl sites for hydroxylation is 1. The fraction of sp³-hybridized carbons (Fsp3) is 0.143. The molecule has 0 radical (unpaired) electrons. The minimum absolute atomic E-state index is 0.0760. The number of nitrogens with zero attached hydrogens (tertiary/aromatic N) is 1. The zero-order chi connectivity index (χ0) is 18.5. The zero-order valence-corrected chi connectivity index (χ0v) is 16.1. The van der Waals surface area contributed by atoms with Crippen molar-refractivity contribution in [3.05, 3.63) is 77.2 Å². The van der Waals surface area contributed by atoms with Crippen LogP contribution in [0.15, 0.2) is 66.1 Å². The first-order valence-electron chi connectivity index (χ1n) is 8.33. The Hall–Kier alpha value is -2.37. The van der Waals surface area contributed by atoms with Crippen molar-refractivity contribution < 1.29 is 9.53 Å². The molecule has 1 amide bonds. The molecular weight excluding hydrogens is 362 g/mol. The predicted molar refractivity (Wildman–Crippen MR) is 114 cm³/mol. The Balaban J connectivity index is 1.84. The number of hydrogen-bond donors (Lipinski definition) is 0. The highest BCUT2D eigenvalue weighted by atomic mass is 32.2. The number of thiocarbonyl (C=S) groups is 1. The summed E-state index contributed by atoms with van der Waals surface area (Å²) in [5.74, 6) is 0.694. The molecule has 0 aromatic heterocycles. The maximum Gasteiger partial charge on any atom is 0.270 e. The number of para-hydroxylation sites is 1. The topological polar surface area (TPSA) is 29.5 Å². The standard InChI is InChI=1S/C21H19NO2S2/c1-3-13-24-17-11-9-15(10-12-17)14-19-20(23)22(21(25)26-19)18-8-6-5-7-16(18)4-2/h3,5-12,14H,1,4,13H2,2H3. The number of carbonyl (C=O) groups is 1. The van der Waals surface area contributed by atoms with Gasteiger partial charge in [-0.15, -0.1) is 0 Å². The summed E-state index contributed by atoms with van der Waals surface area (Å²) < 4.78 is 6.04. The first-order chi connectivity index (χ1) is 12.6. The molecule has 0 unspecified atom stereocenters. The van der Waals surface area contributed by atoms with E-state index >= 15 is 0 Å². The Kier molecular flexibility index (Phi) is 5.91. The van der Waals surface area contributed by atoms with Gasteiger partial charge in [0.15, 0.2) is 4.32 Å². The molecule has 0 aliphatic carbocycles. The van der Waals surface area contributed by atoms with Crippen LogP contribution < -0.4 is 9.64 Å². The Morgan fingerprint density at radius 1 is 1.19 bits per heavy atom. The van der Waals surface area contributed by atoms with E-state index in [1.165, 1.54) is 11.8 Å². The van der Waals surface area contributed by atoms with Crippen molar-refractivity contribution >= 4 is 46.0 Å². The summed E-state index contributed by atoms with van der Waals surface area (Å²) >= 11 is 6.80. The summed E-state index contributed by atoms with van der Waals surface area (Å²) in [4.78, 5) is 15.2. The van der Waals surface area contributed by atoms with Crippen LogP contribution >= 0.6 is 24.0 Å². The summed E-state index contributed by atoms with van der Waals surface area (Å²) in [5.41, 5.74) is 2.91. The molecule has 2 aromatic carbocycles. The van der Waals surface area contributed by atoms with Gasteiger partial charge < -0.3 is 4.74 Å². The number of carbonyl (C=O) groups excluding carboxylic acids is 1. The molecule has 0 saturated carbocycles. The second-order valence-electron chi connectivity index (χ2n) is 5.67. The molecule has 0 atom stereocenters. The van der Waals surface area contributed by atoms with Crippen LogP contribution in [0.1, 0.15) is 18.1 Å². The molecule has 0 spiro atoms. The Morgan fingerprint density at radius 2 is 1.92 bits per heavy atom. The molecular formula is C21H19NO2S2. The minimum atomic E-state index is -0.0760. The van der Waals surface area contributed by atoms with Gasteiger partial charge in [-0.25, -0.2) is 0 Å². The Morgan fingerprint density at radius 3 is 2.62 bits per heavy atom. The first-order valence-corrected chi connectivity index (χ1v) is 9.56. The van der Waals surface area contributed by atoms with Crippen LogP contribution in [0.5, 0.6) is 5.75 Å². The average molecular weight is 382 g/mol. The summed E-state index contributed by atoms with van der Waals surface area (Å²) in [7, 11) is 0. The van der Waals surface area contributed by atoms with E-state index in [9.17, 15) is 4.79 Å². The summed E-state index contributed by atoms with van der Waals surface area (Å²) in [5, 5.41) is 0. The largest absolute Gasteiger partial charge is 0.490 e. The van der Waals surface area contributed by atoms with Gasteiger partial charge in [0.2, 0.25) is 0 Å². The molecule has 1 aliphatic rings. The zero-order valence-electron chi connectivity index (χ0n) is 14.5. The highest BCUT2D eigenvalue weighted by molar-refractivity contribution is 8.27. The van der Waals surface area contributed by atoms with Crippen molar-refractivity contribution in [2.24, 2.45) is 0 Å². The number of amides is 1. The van der Waals surface area contributed by atoms with Gasteiger partial charge in [0.05, 0.1) is 10.6 Å². The number of rotatable bonds is 6. The smallest absolute Gasteiger partial charge is 0.270 e. The molecule has 132 valence electrons. The average Bonchev–Trinajstić information content (AvgIpc) is 2.94. The van der Waals surface area contributed by atoms with E-state index in [4.69, 9.17) is 17.0 Å². The van der Waals surface area contributed by atoms with Crippen LogP contribution in [-0.2, 0) is 11.2 Å². The first kappa shape index (κ1) is 18.4. The van der Waals surface area contributed by atoms with Crippen molar-refractivity contribution in [2.75, 3.05) is 11.5 Å². The monoisotopic (exact) mass is 381 g/mol. The quantitative estimate of drug-likeness (QED) is 0.390. The molecule has 1 aliphatic heterocycles. The van der Waals surface area contributed by atoms with Crippen LogP contribution in [0, 0.1) is 0 Å². The lowest BCUT2D eigenvalue weighted by Gasteiger charge is -2.18. The van der Waals surface area contributed by atoms with Crippen molar-refractivity contribution in [3.63, 3.8) is 0 Å². The van der Waals surface area contributed by atoms with E-state index in [1.54, 1.807) is 11.0 Å². The van der Waals surface area contributed by atoms with Crippen molar-refractivity contribution in [3.8, 4) is 5.75 Å². The molecule has 5 heteroatoms. The van der Waals surface area contributed by atoms with E-state index in [2.05, 4.69) is 13.5 Å². The summed E-state index contributed by atoms with van der Waals surface area (Å²) in [6.07, 6.45) is 4.41. The minimum Gasteiger partial charge on any atom is -0.490 e. The third kappa shape index (κ3) is 3.89. The lowest BCUT2D eigenvalue weighted by Crippen LogP contribution is -2.28. The number of benzene rings is 2. The highest BCUT2D eigenvalue weighted by Crippen LogP contribution is 2.37. The predicted octanol–water partition coefficient (Wildman–Crippen LogP) is 5.22. The van der Waals surface area contributed by atoms with Gasteiger partial charge in [-0.1, -0.05) is 73.9 Å². The molecule has 0 bridgehead atoms. The summed E-state index contributed by atoms with van der Waals surface area (Å²) in [6.45, 7) is 6.17. The highest BCUT2D eigenvalue weighted by Gasteiger charge is 2.34. The van der Waals surface area contributed by atoms with Crippen LogP contribution in [0.4, 0.5) is 5.69 Å². The fourth-order valence-corrected chi connectivity index (χ4v) is 3.96. The number of ether oxygens (including phenoxy) is 1. The molecule has 2 aromatic rings. The van der Waals surface area contributed by atoms with Gasteiger partial charge in [0.25, 0.3) is 5.91 Å². The van der Waals surface area contributed by atoms with E-state index in [-0.39, 0.29) is 5.91 Å². The van der Waals surface area contributed by atoms with Gasteiger partial charge in [0, 0.05) is 0 Å². The van der Waals surface area contributed by atoms with Crippen LogP contribution in [0.25, 0.3) is 6.08 Å². The number of anilines is 1. The van der Waals surface area contributed by atoms with Crippen LogP contribution in [0.2, 0.25) is 0 Å². The lowest BCUT2D eigenvalue weighted by molar-refractivity contribution is -0.113. The third-order valence-electron chi connectivity index (χ3n) is 3.95. The molecule has 1 heterocycles. The van der Waals surface area contributed by atoms with Crippen LogP contribution in [0.3, 0.4) is 0 Å². The molecule has 0 N–H and O–H groups in total. The van der Waals surface area contributed by atoms with E-state index in [1.807, 2.05) is 54.6 Å². The van der Waals surface area contributed by atoms with Gasteiger partial charge in [0.1, 0.15) is 12.4 Å².